The van der Waals surface area contributed by atoms with Crippen LogP contribution in [0, 0.1) is 6.92 Å². The van der Waals surface area contributed by atoms with Crippen LogP contribution in [0.25, 0.3) is 6.08 Å². The van der Waals surface area contributed by atoms with Crippen LogP contribution in [0.3, 0.4) is 0 Å². The van der Waals surface area contributed by atoms with E-state index in [0.717, 1.165) is 16.8 Å². The summed E-state index contributed by atoms with van der Waals surface area (Å²) in [6.45, 7) is 1.83. The number of aliphatic hydroxyl groups excluding tert-OH is 1. The van der Waals surface area contributed by atoms with E-state index in [1.807, 2.05) is 37.3 Å². The Bertz CT molecular complexity index is 695. The molecule has 0 fully saturated rings. The van der Waals surface area contributed by atoms with Crippen molar-refractivity contribution in [2.75, 3.05) is 6.61 Å². The van der Waals surface area contributed by atoms with Gasteiger partial charge in [-0.15, -0.1) is 0 Å². The molecular formula is C17H20ClN3O2. The lowest BCUT2D eigenvalue weighted by Gasteiger charge is -2.17. The van der Waals surface area contributed by atoms with Crippen molar-refractivity contribution in [1.29, 1.82) is 0 Å². The average Bonchev–Trinajstić information content (AvgIpc) is 2.78. The number of halogens is 1. The van der Waals surface area contributed by atoms with E-state index in [2.05, 4.69) is 10.4 Å². The molecule has 2 aromatic rings. The standard InChI is InChI=1S/C17H20ClN3O2/c1-12-14(17(18)21(2)20-12)8-9-16(23)19-15(10-11-22)13-6-4-3-5-7-13/h3-9,15,22H,10-11H2,1-2H3,(H,19,23)/b9-8+. The Morgan fingerprint density at radius 1 is 1.43 bits per heavy atom. The SMILES string of the molecule is Cc1nn(C)c(Cl)c1/C=C/C(=O)NC(CCO)c1ccccc1. The highest BCUT2D eigenvalue weighted by Crippen LogP contribution is 2.20. The second-order valence-corrected chi connectivity index (χ2v) is 5.59. The van der Waals surface area contributed by atoms with Crippen molar-refractivity contribution in [3.8, 4) is 0 Å². The van der Waals surface area contributed by atoms with E-state index >= 15 is 0 Å². The molecule has 23 heavy (non-hydrogen) atoms. The first-order chi connectivity index (χ1) is 11.0. The molecule has 0 aliphatic rings. The van der Waals surface area contributed by atoms with E-state index in [4.69, 9.17) is 11.6 Å². The number of aliphatic hydroxyl groups is 1. The number of hydrogen-bond donors (Lipinski definition) is 2. The minimum atomic E-state index is -0.244. The van der Waals surface area contributed by atoms with E-state index < -0.39 is 0 Å². The van der Waals surface area contributed by atoms with E-state index in [9.17, 15) is 9.90 Å². The van der Waals surface area contributed by atoms with E-state index in [1.54, 1.807) is 17.8 Å². The lowest BCUT2D eigenvalue weighted by molar-refractivity contribution is -0.117. The molecule has 0 saturated heterocycles. The van der Waals surface area contributed by atoms with Crippen molar-refractivity contribution in [2.24, 2.45) is 7.05 Å². The monoisotopic (exact) mass is 333 g/mol. The van der Waals surface area contributed by atoms with Crippen LogP contribution in [0.4, 0.5) is 0 Å². The van der Waals surface area contributed by atoms with Crippen LogP contribution >= 0.6 is 11.6 Å². The van der Waals surface area contributed by atoms with Crippen LogP contribution in [0.2, 0.25) is 5.15 Å². The third-order valence-electron chi connectivity index (χ3n) is 3.53. The number of rotatable bonds is 6. The van der Waals surface area contributed by atoms with Gasteiger partial charge in [0.25, 0.3) is 0 Å². The zero-order chi connectivity index (χ0) is 16.8. The summed E-state index contributed by atoms with van der Waals surface area (Å²) in [5, 5.41) is 16.8. The van der Waals surface area contributed by atoms with Gasteiger partial charge in [0.2, 0.25) is 5.91 Å². The van der Waals surface area contributed by atoms with Crippen molar-refractivity contribution in [3.63, 3.8) is 0 Å². The Morgan fingerprint density at radius 2 is 2.13 bits per heavy atom. The van der Waals surface area contributed by atoms with E-state index in [0.29, 0.717) is 11.6 Å². The summed E-state index contributed by atoms with van der Waals surface area (Å²) >= 11 is 6.13. The largest absolute Gasteiger partial charge is 0.396 e. The Hall–Kier alpha value is -2.11. The highest BCUT2D eigenvalue weighted by molar-refractivity contribution is 6.31. The molecule has 2 rings (SSSR count). The molecule has 1 aromatic heterocycles. The van der Waals surface area contributed by atoms with Crippen LogP contribution in [0.15, 0.2) is 36.4 Å². The first-order valence-corrected chi connectivity index (χ1v) is 7.74. The summed E-state index contributed by atoms with van der Waals surface area (Å²) in [7, 11) is 1.75. The van der Waals surface area contributed by atoms with Crippen molar-refractivity contribution >= 4 is 23.6 Å². The van der Waals surface area contributed by atoms with Gasteiger partial charge in [0.1, 0.15) is 5.15 Å². The lowest BCUT2D eigenvalue weighted by Crippen LogP contribution is -2.27. The van der Waals surface area contributed by atoms with E-state index in [-0.39, 0.29) is 18.6 Å². The van der Waals surface area contributed by atoms with Crippen LogP contribution in [-0.2, 0) is 11.8 Å². The summed E-state index contributed by atoms with van der Waals surface area (Å²) in [5.74, 6) is -0.244. The minimum absolute atomic E-state index is 0.00288. The third-order valence-corrected chi connectivity index (χ3v) is 3.98. The predicted molar refractivity (Wildman–Crippen MR) is 91.0 cm³/mol. The second kappa shape index (κ2) is 7.94. The first kappa shape index (κ1) is 17.2. The topological polar surface area (TPSA) is 67.2 Å². The van der Waals surface area contributed by atoms with Crippen LogP contribution in [-0.4, -0.2) is 27.4 Å². The number of aryl methyl sites for hydroxylation is 2. The fourth-order valence-electron chi connectivity index (χ4n) is 2.35. The molecule has 6 heteroatoms. The number of benzene rings is 1. The molecule has 0 spiro atoms. The fraction of sp³-hybridized carbons (Fsp3) is 0.294. The lowest BCUT2D eigenvalue weighted by atomic mass is 10.0. The average molecular weight is 334 g/mol. The smallest absolute Gasteiger partial charge is 0.244 e. The Labute approximate surface area is 140 Å². The normalized spacial score (nSPS) is 12.5. The van der Waals surface area contributed by atoms with Gasteiger partial charge in [-0.2, -0.15) is 5.10 Å². The molecule has 0 radical (unpaired) electrons. The summed E-state index contributed by atoms with van der Waals surface area (Å²) < 4.78 is 1.56. The Balaban J connectivity index is 2.09. The number of aromatic nitrogens is 2. The number of carbonyl (C=O) groups is 1. The van der Waals surface area contributed by atoms with E-state index in [1.165, 1.54) is 6.08 Å². The maximum atomic E-state index is 12.2. The maximum absolute atomic E-state index is 12.2. The Kier molecular flexibility index (Phi) is 5.96. The molecule has 2 N–H and O–H groups in total. The van der Waals surface area contributed by atoms with Gasteiger partial charge in [0.15, 0.2) is 0 Å². The molecule has 1 amide bonds. The minimum Gasteiger partial charge on any atom is -0.396 e. The number of amides is 1. The molecule has 1 unspecified atom stereocenters. The van der Waals surface area contributed by atoms with Gasteiger partial charge in [-0.05, 0) is 25.0 Å². The first-order valence-electron chi connectivity index (χ1n) is 7.36. The van der Waals surface area contributed by atoms with Gasteiger partial charge >= 0.3 is 0 Å². The molecule has 1 aromatic carbocycles. The van der Waals surface area contributed by atoms with Gasteiger partial charge in [0, 0.05) is 25.3 Å². The predicted octanol–water partition coefficient (Wildman–Crippen LogP) is 2.64. The molecular weight excluding hydrogens is 314 g/mol. The Morgan fingerprint density at radius 3 is 2.70 bits per heavy atom. The zero-order valence-corrected chi connectivity index (χ0v) is 13.9. The molecule has 1 heterocycles. The van der Waals surface area contributed by atoms with Gasteiger partial charge in [0.05, 0.1) is 11.7 Å². The summed E-state index contributed by atoms with van der Waals surface area (Å²) in [5.41, 5.74) is 2.44. The van der Waals surface area contributed by atoms with Crippen LogP contribution in [0.1, 0.15) is 29.3 Å². The summed E-state index contributed by atoms with van der Waals surface area (Å²) in [6, 6.07) is 9.33. The molecule has 0 bridgehead atoms. The summed E-state index contributed by atoms with van der Waals surface area (Å²) in [6.07, 6.45) is 3.54. The van der Waals surface area contributed by atoms with Crippen molar-refractivity contribution < 1.29 is 9.90 Å². The number of carbonyl (C=O) groups excluding carboxylic acids is 1. The third kappa shape index (κ3) is 4.43. The zero-order valence-electron chi connectivity index (χ0n) is 13.2. The maximum Gasteiger partial charge on any atom is 0.244 e. The van der Waals surface area contributed by atoms with Gasteiger partial charge < -0.3 is 10.4 Å². The van der Waals surface area contributed by atoms with Crippen LogP contribution in [0.5, 0.6) is 0 Å². The van der Waals surface area contributed by atoms with Gasteiger partial charge in [-0.25, -0.2) is 0 Å². The molecule has 5 nitrogen and oxygen atoms in total. The number of nitrogens with zero attached hydrogens (tertiary/aromatic N) is 2. The molecule has 0 aliphatic heterocycles. The fourth-order valence-corrected chi connectivity index (χ4v) is 2.59. The number of nitrogens with one attached hydrogen (secondary N) is 1. The second-order valence-electron chi connectivity index (χ2n) is 5.23. The van der Waals surface area contributed by atoms with Crippen molar-refractivity contribution in [2.45, 2.75) is 19.4 Å². The summed E-state index contributed by atoms with van der Waals surface area (Å²) in [4.78, 5) is 12.2. The highest BCUT2D eigenvalue weighted by Gasteiger charge is 2.13. The molecule has 0 aliphatic carbocycles. The molecule has 122 valence electrons. The van der Waals surface area contributed by atoms with Crippen LogP contribution < -0.4 is 5.32 Å². The van der Waals surface area contributed by atoms with Gasteiger partial charge in [-0.3, -0.25) is 9.48 Å². The molecule has 0 saturated carbocycles. The van der Waals surface area contributed by atoms with Crippen molar-refractivity contribution in [3.05, 3.63) is 58.4 Å². The van der Waals surface area contributed by atoms with Gasteiger partial charge in [-0.1, -0.05) is 41.9 Å². The molecule has 1 atom stereocenters. The highest BCUT2D eigenvalue weighted by atomic mass is 35.5. The quantitative estimate of drug-likeness (QED) is 0.799. The van der Waals surface area contributed by atoms with Crippen molar-refractivity contribution in [1.82, 2.24) is 15.1 Å². The number of hydrogen-bond acceptors (Lipinski definition) is 3.